The van der Waals surface area contributed by atoms with Gasteiger partial charge in [-0.15, -0.1) is 0 Å². The van der Waals surface area contributed by atoms with Crippen LogP contribution in [0, 0.1) is 26.2 Å². The van der Waals surface area contributed by atoms with Gasteiger partial charge in [-0.2, -0.15) is 4.31 Å². The third kappa shape index (κ3) is 3.80. The first-order chi connectivity index (χ1) is 14.4. The van der Waals surface area contributed by atoms with E-state index in [1.807, 2.05) is 6.92 Å². The number of carbonyl (C=O) groups is 2. The number of sulfonamides is 1. The molecule has 7 nitrogen and oxygen atoms in total. The van der Waals surface area contributed by atoms with E-state index in [2.05, 4.69) is 0 Å². The van der Waals surface area contributed by atoms with E-state index in [-0.39, 0.29) is 4.90 Å². The van der Waals surface area contributed by atoms with Gasteiger partial charge in [-0.25, -0.2) is 13.2 Å². The summed E-state index contributed by atoms with van der Waals surface area (Å²) in [6.45, 7) is 8.42. The first kappa shape index (κ1) is 22.8. The van der Waals surface area contributed by atoms with Gasteiger partial charge >= 0.3 is 12.1 Å². The summed E-state index contributed by atoms with van der Waals surface area (Å²) in [6.07, 6.45) is -2.09. The topological polar surface area (TPSA) is 90.0 Å². The Bertz CT molecular complexity index is 1100. The number of amides is 1. The number of cyclic esters (lactones) is 1. The molecule has 8 heteroatoms. The Kier molecular flexibility index (Phi) is 5.88. The zero-order valence-electron chi connectivity index (χ0n) is 18.5. The van der Waals surface area contributed by atoms with Gasteiger partial charge in [0.1, 0.15) is 17.6 Å². The van der Waals surface area contributed by atoms with E-state index >= 15 is 0 Å². The van der Waals surface area contributed by atoms with Gasteiger partial charge in [-0.05, 0) is 51.3 Å². The van der Waals surface area contributed by atoms with Crippen LogP contribution in [0.3, 0.4) is 0 Å². The Labute approximate surface area is 183 Å². The van der Waals surface area contributed by atoms with Gasteiger partial charge in [-0.3, -0.25) is 4.79 Å². The third-order valence-corrected chi connectivity index (χ3v) is 7.69. The van der Waals surface area contributed by atoms with Crippen LogP contribution in [0.15, 0.2) is 47.4 Å². The highest BCUT2D eigenvalue weighted by Crippen LogP contribution is 2.46. The van der Waals surface area contributed by atoms with Gasteiger partial charge in [0.05, 0.1) is 12.0 Å². The van der Waals surface area contributed by atoms with Crippen LogP contribution in [0.4, 0.5) is 4.79 Å². The lowest BCUT2D eigenvalue weighted by Crippen LogP contribution is -2.43. The molecule has 1 saturated heterocycles. The molecule has 0 spiro atoms. The van der Waals surface area contributed by atoms with Gasteiger partial charge in [-0.1, -0.05) is 48.0 Å². The van der Waals surface area contributed by atoms with Crippen molar-refractivity contribution in [2.75, 3.05) is 7.11 Å². The van der Waals surface area contributed by atoms with Crippen LogP contribution >= 0.6 is 0 Å². The summed E-state index contributed by atoms with van der Waals surface area (Å²) in [5.74, 6) is -0.604. The largest absolute Gasteiger partial charge is 0.468 e. The molecule has 1 aliphatic rings. The number of ether oxygens (including phenoxy) is 2. The van der Waals surface area contributed by atoms with Crippen molar-refractivity contribution in [2.24, 2.45) is 5.41 Å². The number of hydrogen-bond acceptors (Lipinski definition) is 6. The number of benzene rings is 2. The number of esters is 1. The summed E-state index contributed by atoms with van der Waals surface area (Å²) in [5.41, 5.74) is 1.25. The fraction of sp³-hybridized carbons (Fsp3) is 0.391. The molecule has 1 heterocycles. The van der Waals surface area contributed by atoms with Crippen LogP contribution in [0.2, 0.25) is 0 Å². The second-order valence-corrected chi connectivity index (χ2v) is 10.2. The Morgan fingerprint density at radius 3 is 2.13 bits per heavy atom. The van der Waals surface area contributed by atoms with Gasteiger partial charge in [0.15, 0.2) is 0 Å². The van der Waals surface area contributed by atoms with Crippen molar-refractivity contribution < 1.29 is 27.5 Å². The molecule has 2 atom stereocenters. The predicted octanol–water partition coefficient (Wildman–Crippen LogP) is 4.06. The maximum atomic E-state index is 13.8. The van der Waals surface area contributed by atoms with E-state index in [1.54, 1.807) is 70.2 Å². The molecule has 0 radical (unpaired) electrons. The molecule has 0 aliphatic carbocycles. The molecule has 0 unspecified atom stereocenters. The highest BCUT2D eigenvalue weighted by molar-refractivity contribution is 7.89. The zero-order valence-corrected chi connectivity index (χ0v) is 19.3. The van der Waals surface area contributed by atoms with Gasteiger partial charge < -0.3 is 9.47 Å². The molecule has 2 aromatic carbocycles. The van der Waals surface area contributed by atoms with Crippen LogP contribution in [0.5, 0.6) is 0 Å². The van der Waals surface area contributed by atoms with Crippen molar-refractivity contribution in [3.8, 4) is 0 Å². The molecule has 0 saturated carbocycles. The Morgan fingerprint density at radius 2 is 1.61 bits per heavy atom. The molecule has 2 aromatic rings. The maximum Gasteiger partial charge on any atom is 0.424 e. The second kappa shape index (κ2) is 8.00. The van der Waals surface area contributed by atoms with Crippen molar-refractivity contribution in [3.63, 3.8) is 0 Å². The first-order valence-corrected chi connectivity index (χ1v) is 11.3. The number of carbonyl (C=O) groups excluding carboxylic acids is 2. The highest BCUT2D eigenvalue weighted by atomic mass is 32.2. The van der Waals surface area contributed by atoms with Crippen molar-refractivity contribution in [2.45, 2.75) is 51.7 Å². The summed E-state index contributed by atoms with van der Waals surface area (Å²) >= 11 is 0. The molecule has 3 rings (SSSR count). The first-order valence-electron chi connectivity index (χ1n) is 9.89. The molecule has 1 aliphatic heterocycles. The van der Waals surface area contributed by atoms with Crippen LogP contribution < -0.4 is 0 Å². The second-order valence-electron chi connectivity index (χ2n) is 8.40. The highest BCUT2D eigenvalue weighted by Gasteiger charge is 2.57. The number of rotatable bonds is 5. The van der Waals surface area contributed by atoms with Crippen LogP contribution in [-0.4, -0.2) is 38.0 Å². The lowest BCUT2D eigenvalue weighted by atomic mass is 9.80. The van der Waals surface area contributed by atoms with E-state index in [1.165, 1.54) is 7.11 Å². The number of hydrogen-bond donors (Lipinski definition) is 0. The van der Waals surface area contributed by atoms with Gasteiger partial charge in [0, 0.05) is 0 Å². The Balaban J connectivity index is 2.23. The Morgan fingerprint density at radius 1 is 1.06 bits per heavy atom. The monoisotopic (exact) mass is 445 g/mol. The number of methoxy groups -OCH3 is 1. The Hall–Kier alpha value is -2.87. The summed E-state index contributed by atoms with van der Waals surface area (Å²) in [5, 5.41) is 0. The normalized spacial score (nSPS) is 19.3. The van der Waals surface area contributed by atoms with Crippen molar-refractivity contribution in [1.82, 2.24) is 4.31 Å². The fourth-order valence-electron chi connectivity index (χ4n) is 4.26. The van der Waals surface area contributed by atoms with Crippen LogP contribution in [0.25, 0.3) is 0 Å². The van der Waals surface area contributed by atoms with Crippen molar-refractivity contribution in [3.05, 3.63) is 64.7 Å². The summed E-state index contributed by atoms with van der Waals surface area (Å²) in [6, 6.07) is 11.2. The van der Waals surface area contributed by atoms with Gasteiger partial charge in [0.25, 0.3) is 10.0 Å². The lowest BCUT2D eigenvalue weighted by Gasteiger charge is -2.32. The molecule has 31 heavy (non-hydrogen) atoms. The molecule has 1 amide bonds. The summed E-state index contributed by atoms with van der Waals surface area (Å²) in [4.78, 5) is 25.6. The molecule has 0 aromatic heterocycles. The van der Waals surface area contributed by atoms with E-state index in [0.717, 1.165) is 9.87 Å². The molecule has 1 fully saturated rings. The number of aryl methyl sites for hydroxylation is 3. The van der Waals surface area contributed by atoms with Crippen LogP contribution in [-0.2, 0) is 24.3 Å². The van der Waals surface area contributed by atoms with E-state index < -0.39 is 39.6 Å². The molecule has 166 valence electrons. The third-order valence-electron chi connectivity index (χ3n) is 5.63. The smallest absolute Gasteiger partial charge is 0.424 e. The molecular weight excluding hydrogens is 418 g/mol. The van der Waals surface area contributed by atoms with Gasteiger partial charge in [0.2, 0.25) is 0 Å². The molecular formula is C23H27NO6S. The average molecular weight is 446 g/mol. The molecule has 0 bridgehead atoms. The minimum atomic E-state index is -4.28. The SMILES string of the molecule is COC(=O)C(C)(C)[C@@H]1OC(=O)N(S(=O)(=O)c2c(C)cc(C)cc2C)[C@H]1c1ccccc1. The summed E-state index contributed by atoms with van der Waals surface area (Å²) in [7, 11) is -3.04. The van der Waals surface area contributed by atoms with Crippen LogP contribution in [0.1, 0.15) is 42.1 Å². The standard InChI is InChI=1S/C23H27NO6S/c1-14-12-15(2)19(16(3)13-14)31(27,28)24-18(17-10-8-7-9-11-17)20(30-22(24)26)23(4,5)21(25)29-6/h7-13,18,20H,1-6H3/t18-,20+/m0/s1. The fourth-order valence-corrected chi connectivity index (χ4v) is 6.16. The lowest BCUT2D eigenvalue weighted by molar-refractivity contribution is -0.157. The minimum Gasteiger partial charge on any atom is -0.468 e. The van der Waals surface area contributed by atoms with E-state index in [0.29, 0.717) is 16.7 Å². The quantitative estimate of drug-likeness (QED) is 0.645. The molecule has 0 N–H and O–H groups in total. The zero-order chi connectivity index (χ0) is 23.1. The number of nitrogens with zero attached hydrogens (tertiary/aromatic N) is 1. The summed E-state index contributed by atoms with van der Waals surface area (Å²) < 4.78 is 38.8. The van der Waals surface area contributed by atoms with E-state index in [9.17, 15) is 18.0 Å². The van der Waals surface area contributed by atoms with Crippen molar-refractivity contribution in [1.29, 1.82) is 0 Å². The maximum absolute atomic E-state index is 13.8. The average Bonchev–Trinajstić information content (AvgIpc) is 3.05. The predicted molar refractivity (Wildman–Crippen MR) is 115 cm³/mol. The van der Waals surface area contributed by atoms with Crippen molar-refractivity contribution >= 4 is 22.1 Å². The van der Waals surface area contributed by atoms with E-state index in [4.69, 9.17) is 9.47 Å². The minimum absolute atomic E-state index is 0.0625.